The molecule has 0 saturated heterocycles. The maximum absolute atomic E-state index is 12.2. The highest BCUT2D eigenvalue weighted by molar-refractivity contribution is 5.92. The maximum Gasteiger partial charge on any atom is 0.573 e. The lowest BCUT2D eigenvalue weighted by Gasteiger charge is -2.13. The van der Waals surface area contributed by atoms with Crippen molar-refractivity contribution in [1.82, 2.24) is 0 Å². The fourth-order valence-corrected chi connectivity index (χ4v) is 1.28. The second-order valence-electron chi connectivity index (χ2n) is 3.86. The number of halogens is 3. The van der Waals surface area contributed by atoms with Gasteiger partial charge in [-0.25, -0.2) is 0 Å². The van der Waals surface area contributed by atoms with Gasteiger partial charge < -0.3 is 14.8 Å². The fourth-order valence-electron chi connectivity index (χ4n) is 1.28. The summed E-state index contributed by atoms with van der Waals surface area (Å²) in [5.41, 5.74) is 0.368. The summed E-state index contributed by atoms with van der Waals surface area (Å²) in [6.07, 6.45) is -4.81. The summed E-state index contributed by atoms with van der Waals surface area (Å²) in [7, 11) is 0. The predicted octanol–water partition coefficient (Wildman–Crippen LogP) is 2.40. The minimum atomic E-state index is -4.81. The van der Waals surface area contributed by atoms with E-state index in [1.807, 2.05) is 0 Å². The zero-order valence-electron chi connectivity index (χ0n) is 10.7. The van der Waals surface area contributed by atoms with Gasteiger partial charge in [-0.15, -0.1) is 13.2 Å². The van der Waals surface area contributed by atoms with Crippen LogP contribution in [0.4, 0.5) is 18.9 Å². The van der Waals surface area contributed by atoms with Gasteiger partial charge in [0.05, 0.1) is 0 Å². The van der Waals surface area contributed by atoms with Crippen molar-refractivity contribution in [3.8, 4) is 5.75 Å². The van der Waals surface area contributed by atoms with E-state index in [4.69, 9.17) is 0 Å². The Balaban J connectivity index is 2.74. The average Bonchev–Trinajstić information content (AvgIpc) is 2.29. The number of carbonyl (C=O) groups is 2. The van der Waals surface area contributed by atoms with Crippen LogP contribution < -0.4 is 10.1 Å². The topological polar surface area (TPSA) is 64.6 Å². The number of benzene rings is 1. The molecule has 0 saturated carbocycles. The molecule has 20 heavy (non-hydrogen) atoms. The average molecular weight is 291 g/mol. The van der Waals surface area contributed by atoms with Crippen LogP contribution in [0, 0.1) is 6.92 Å². The molecule has 1 aromatic carbocycles. The van der Waals surface area contributed by atoms with Crippen LogP contribution in [0.2, 0.25) is 0 Å². The molecule has 0 aliphatic rings. The van der Waals surface area contributed by atoms with Crippen molar-refractivity contribution in [2.24, 2.45) is 0 Å². The highest BCUT2D eigenvalue weighted by Gasteiger charge is 2.31. The zero-order chi connectivity index (χ0) is 15.3. The van der Waals surface area contributed by atoms with Crippen molar-refractivity contribution < 1.29 is 32.2 Å². The molecule has 0 radical (unpaired) electrons. The van der Waals surface area contributed by atoms with Crippen LogP contribution in [0.15, 0.2) is 18.2 Å². The molecule has 1 N–H and O–H groups in total. The van der Waals surface area contributed by atoms with Crippen LogP contribution in [0.25, 0.3) is 0 Å². The normalized spacial score (nSPS) is 10.8. The molecule has 0 bridgehead atoms. The summed E-state index contributed by atoms with van der Waals surface area (Å²) < 4.78 is 44.7. The molecule has 5 nitrogen and oxygen atoms in total. The summed E-state index contributed by atoms with van der Waals surface area (Å²) >= 11 is 0. The number of anilines is 1. The molecule has 110 valence electrons. The quantitative estimate of drug-likeness (QED) is 0.865. The standard InChI is InChI=1S/C12H12F3NO4/c1-7-3-4-9(5-10(7)20-12(13,14)15)16-11(18)6-19-8(2)17/h3-5H,6H2,1-2H3,(H,16,18). The summed E-state index contributed by atoms with van der Waals surface area (Å²) in [6, 6.07) is 3.81. The molecule has 8 heteroatoms. The van der Waals surface area contributed by atoms with Gasteiger partial charge in [-0.05, 0) is 18.6 Å². The monoisotopic (exact) mass is 291 g/mol. The van der Waals surface area contributed by atoms with Crippen LogP contribution in [-0.2, 0) is 14.3 Å². The summed E-state index contributed by atoms with van der Waals surface area (Å²) in [5, 5.41) is 2.29. The molecule has 1 rings (SSSR count). The highest BCUT2D eigenvalue weighted by atomic mass is 19.4. The molecule has 0 atom stereocenters. The molecular formula is C12H12F3NO4. The van der Waals surface area contributed by atoms with E-state index in [0.717, 1.165) is 13.0 Å². The third kappa shape index (κ3) is 5.59. The van der Waals surface area contributed by atoms with Gasteiger partial charge in [0.1, 0.15) is 5.75 Å². The molecular weight excluding hydrogens is 279 g/mol. The van der Waals surface area contributed by atoms with E-state index in [-0.39, 0.29) is 11.3 Å². The lowest BCUT2D eigenvalue weighted by molar-refractivity contribution is -0.274. The van der Waals surface area contributed by atoms with Crippen molar-refractivity contribution in [2.45, 2.75) is 20.2 Å². The van der Waals surface area contributed by atoms with E-state index in [0.29, 0.717) is 0 Å². The first-order valence-electron chi connectivity index (χ1n) is 5.47. The predicted molar refractivity (Wildman–Crippen MR) is 63.1 cm³/mol. The Hall–Kier alpha value is -2.25. The third-order valence-electron chi connectivity index (χ3n) is 2.10. The van der Waals surface area contributed by atoms with Crippen LogP contribution in [0.3, 0.4) is 0 Å². The fraction of sp³-hybridized carbons (Fsp3) is 0.333. The van der Waals surface area contributed by atoms with E-state index >= 15 is 0 Å². The summed E-state index contributed by atoms with van der Waals surface area (Å²) in [6.45, 7) is 2.05. The van der Waals surface area contributed by atoms with Crippen molar-refractivity contribution in [2.75, 3.05) is 11.9 Å². The van der Waals surface area contributed by atoms with Crippen LogP contribution >= 0.6 is 0 Å². The van der Waals surface area contributed by atoms with Crippen LogP contribution in [0.1, 0.15) is 12.5 Å². The number of rotatable bonds is 4. The summed E-state index contributed by atoms with van der Waals surface area (Å²) in [5.74, 6) is -1.71. The van der Waals surface area contributed by atoms with E-state index < -0.39 is 30.6 Å². The van der Waals surface area contributed by atoms with Crippen molar-refractivity contribution in [1.29, 1.82) is 0 Å². The van der Waals surface area contributed by atoms with Crippen molar-refractivity contribution in [3.05, 3.63) is 23.8 Å². The number of aryl methyl sites for hydroxylation is 1. The minimum Gasteiger partial charge on any atom is -0.456 e. The molecule has 1 amide bonds. The Labute approximate surface area is 112 Å². The smallest absolute Gasteiger partial charge is 0.456 e. The van der Waals surface area contributed by atoms with Gasteiger partial charge in [0.25, 0.3) is 5.91 Å². The van der Waals surface area contributed by atoms with Gasteiger partial charge in [0, 0.05) is 18.7 Å². The van der Waals surface area contributed by atoms with E-state index in [2.05, 4.69) is 14.8 Å². The number of hydrogen-bond donors (Lipinski definition) is 1. The van der Waals surface area contributed by atoms with Crippen LogP contribution in [-0.4, -0.2) is 24.8 Å². The number of alkyl halides is 3. The zero-order valence-corrected chi connectivity index (χ0v) is 10.7. The van der Waals surface area contributed by atoms with Gasteiger partial charge in [0.2, 0.25) is 0 Å². The van der Waals surface area contributed by atoms with E-state index in [1.165, 1.54) is 19.1 Å². The van der Waals surface area contributed by atoms with Crippen molar-refractivity contribution >= 4 is 17.6 Å². The second-order valence-corrected chi connectivity index (χ2v) is 3.86. The highest BCUT2D eigenvalue weighted by Crippen LogP contribution is 2.28. The number of esters is 1. The maximum atomic E-state index is 12.2. The van der Waals surface area contributed by atoms with Gasteiger partial charge in [-0.3, -0.25) is 9.59 Å². The molecule has 0 aliphatic heterocycles. The third-order valence-corrected chi connectivity index (χ3v) is 2.10. The largest absolute Gasteiger partial charge is 0.573 e. The first-order valence-corrected chi connectivity index (χ1v) is 5.47. The number of hydrogen-bond acceptors (Lipinski definition) is 4. The number of ether oxygens (including phenoxy) is 2. The SMILES string of the molecule is CC(=O)OCC(=O)Nc1ccc(C)c(OC(F)(F)F)c1. The molecule has 0 aliphatic carbocycles. The first kappa shape index (κ1) is 15.8. The molecule has 0 aromatic heterocycles. The van der Waals surface area contributed by atoms with Gasteiger partial charge in [0.15, 0.2) is 6.61 Å². The molecule has 0 unspecified atom stereocenters. The van der Waals surface area contributed by atoms with E-state index in [9.17, 15) is 22.8 Å². The summed E-state index contributed by atoms with van der Waals surface area (Å²) in [4.78, 5) is 21.9. The second kappa shape index (κ2) is 6.27. The van der Waals surface area contributed by atoms with Gasteiger partial charge in [-0.2, -0.15) is 0 Å². The molecule has 0 spiro atoms. The Morgan fingerprint density at radius 1 is 1.30 bits per heavy atom. The number of carbonyl (C=O) groups excluding carboxylic acids is 2. The first-order chi connectivity index (χ1) is 9.17. The Kier molecular flexibility index (Phi) is 4.95. The lowest BCUT2D eigenvalue weighted by Crippen LogP contribution is -2.20. The van der Waals surface area contributed by atoms with E-state index in [1.54, 1.807) is 0 Å². The minimum absolute atomic E-state index is 0.104. The Morgan fingerprint density at radius 2 is 1.95 bits per heavy atom. The lowest BCUT2D eigenvalue weighted by atomic mass is 10.2. The van der Waals surface area contributed by atoms with Crippen LogP contribution in [0.5, 0.6) is 5.75 Å². The molecule has 0 fully saturated rings. The number of nitrogens with one attached hydrogen (secondary N) is 1. The molecule has 0 heterocycles. The number of amides is 1. The van der Waals surface area contributed by atoms with Crippen molar-refractivity contribution in [3.63, 3.8) is 0 Å². The Morgan fingerprint density at radius 3 is 2.50 bits per heavy atom. The molecule has 1 aromatic rings. The Bertz CT molecular complexity index is 514. The van der Waals surface area contributed by atoms with Gasteiger partial charge >= 0.3 is 12.3 Å². The van der Waals surface area contributed by atoms with Gasteiger partial charge in [-0.1, -0.05) is 6.07 Å².